The van der Waals surface area contributed by atoms with Crippen molar-refractivity contribution in [3.63, 3.8) is 0 Å². The summed E-state index contributed by atoms with van der Waals surface area (Å²) in [4.78, 5) is 86.8. The molecule has 0 saturated carbocycles. The monoisotopic (exact) mass is 912 g/mol. The molecular formula is C48H89N5O11. The van der Waals surface area contributed by atoms with Crippen molar-refractivity contribution in [1.29, 1.82) is 0 Å². The summed E-state index contributed by atoms with van der Waals surface area (Å²) in [5, 5.41) is 20.0. The number of hydrogen-bond acceptors (Lipinski definition) is 11. The number of ether oxygens (including phenoxy) is 3. The number of carbonyl (C=O) groups excluding carboxylic acids is 6. The smallest absolute Gasteiger partial charge is 0.408 e. The highest BCUT2D eigenvalue weighted by molar-refractivity contribution is 5.86. The van der Waals surface area contributed by atoms with Crippen molar-refractivity contribution in [2.75, 3.05) is 13.1 Å². The Morgan fingerprint density at radius 2 is 0.922 bits per heavy atom. The molecule has 4 amide bonds. The summed E-state index contributed by atoms with van der Waals surface area (Å²) in [6, 6.07) is -2.81. The van der Waals surface area contributed by atoms with Crippen molar-refractivity contribution in [3.8, 4) is 0 Å². The van der Waals surface area contributed by atoms with Crippen molar-refractivity contribution >= 4 is 41.7 Å². The largest absolute Gasteiger partial charge is 0.480 e. The fourth-order valence-corrected chi connectivity index (χ4v) is 6.69. The van der Waals surface area contributed by atoms with Crippen molar-refractivity contribution in [2.45, 2.75) is 251 Å². The molecule has 0 aliphatic rings. The van der Waals surface area contributed by atoms with Crippen LogP contribution in [0.1, 0.15) is 216 Å². The van der Waals surface area contributed by atoms with Gasteiger partial charge in [0.05, 0.1) is 0 Å². The number of hydrogen-bond donors (Lipinski definition) is 6. The minimum atomic E-state index is -1.08. The van der Waals surface area contributed by atoms with Crippen LogP contribution in [0.4, 0.5) is 4.79 Å². The first-order valence-electron chi connectivity index (χ1n) is 24.1. The first kappa shape index (κ1) is 60.1. The maximum Gasteiger partial charge on any atom is 0.408 e. The summed E-state index contributed by atoms with van der Waals surface area (Å²) in [5.74, 6) is -2.72. The van der Waals surface area contributed by atoms with Gasteiger partial charge in [-0.1, -0.05) is 77.0 Å². The molecule has 0 aliphatic carbocycles. The van der Waals surface area contributed by atoms with Gasteiger partial charge in [-0.15, -0.1) is 0 Å². The van der Waals surface area contributed by atoms with Gasteiger partial charge in [0, 0.05) is 32.4 Å². The van der Waals surface area contributed by atoms with Gasteiger partial charge in [0.2, 0.25) is 17.7 Å². The maximum absolute atomic E-state index is 13.0. The summed E-state index contributed by atoms with van der Waals surface area (Å²) in [6.45, 7) is 16.6. The molecule has 7 N–H and O–H groups in total. The van der Waals surface area contributed by atoms with Gasteiger partial charge in [-0.05, 0) is 120 Å². The summed E-state index contributed by atoms with van der Waals surface area (Å²) in [5.41, 5.74) is 3.59. The van der Waals surface area contributed by atoms with E-state index in [4.69, 9.17) is 25.1 Å². The topological polar surface area (TPSA) is 242 Å². The molecule has 64 heavy (non-hydrogen) atoms. The molecular weight excluding hydrogens is 823 g/mol. The van der Waals surface area contributed by atoms with Crippen molar-refractivity contribution in [1.82, 2.24) is 21.3 Å². The van der Waals surface area contributed by atoms with Crippen molar-refractivity contribution in [3.05, 3.63) is 0 Å². The zero-order valence-corrected chi connectivity index (χ0v) is 41.2. The molecule has 0 saturated heterocycles. The second-order valence-electron chi connectivity index (χ2n) is 20.0. The zero-order valence-electron chi connectivity index (χ0n) is 41.2. The second-order valence-corrected chi connectivity index (χ2v) is 20.0. The number of nitrogens with two attached hydrogens (primary N) is 1. The number of carboxylic acid groups (broad SMARTS) is 1. The first-order chi connectivity index (χ1) is 29.9. The van der Waals surface area contributed by atoms with Crippen LogP contribution >= 0.6 is 0 Å². The lowest BCUT2D eigenvalue weighted by atomic mass is 10.0. The third-order valence-electron chi connectivity index (χ3n) is 9.95. The van der Waals surface area contributed by atoms with Crippen LogP contribution in [-0.2, 0) is 43.0 Å². The van der Waals surface area contributed by atoms with E-state index in [9.17, 15) is 33.6 Å². The first-order valence-corrected chi connectivity index (χ1v) is 24.1. The Kier molecular flexibility index (Phi) is 31.4. The molecule has 3 atom stereocenters. The van der Waals surface area contributed by atoms with Gasteiger partial charge in [0.15, 0.2) is 0 Å². The molecule has 372 valence electrons. The van der Waals surface area contributed by atoms with Crippen molar-refractivity contribution < 1.29 is 52.9 Å². The quantitative estimate of drug-likeness (QED) is 0.0201. The molecule has 16 heteroatoms. The lowest BCUT2D eigenvalue weighted by molar-refractivity contribution is -0.159. The minimum absolute atomic E-state index is 0.00975. The predicted octanol–water partition coefficient (Wildman–Crippen LogP) is 8.05. The Labute approximate surface area is 385 Å². The van der Waals surface area contributed by atoms with E-state index in [1.165, 1.54) is 44.9 Å². The number of nitrogens with one attached hydrogen (secondary N) is 4. The number of aliphatic carboxylic acids is 1. The van der Waals surface area contributed by atoms with Crippen LogP contribution in [0.2, 0.25) is 0 Å². The van der Waals surface area contributed by atoms with Crippen LogP contribution in [0.25, 0.3) is 0 Å². The van der Waals surface area contributed by atoms with Gasteiger partial charge in [-0.25, -0.2) is 9.59 Å². The predicted molar refractivity (Wildman–Crippen MR) is 249 cm³/mol. The van der Waals surface area contributed by atoms with Gasteiger partial charge < -0.3 is 46.3 Å². The number of rotatable bonds is 35. The van der Waals surface area contributed by atoms with Crippen LogP contribution in [0.5, 0.6) is 0 Å². The molecule has 0 heterocycles. The number of unbranched alkanes of at least 4 members (excludes halogenated alkanes) is 15. The van der Waals surface area contributed by atoms with Gasteiger partial charge in [0.1, 0.15) is 34.9 Å². The van der Waals surface area contributed by atoms with Crippen LogP contribution in [0, 0.1) is 0 Å². The van der Waals surface area contributed by atoms with Crippen LogP contribution < -0.4 is 27.0 Å². The minimum Gasteiger partial charge on any atom is -0.480 e. The van der Waals surface area contributed by atoms with E-state index >= 15 is 0 Å². The summed E-state index contributed by atoms with van der Waals surface area (Å²) < 4.78 is 16.2. The lowest BCUT2D eigenvalue weighted by Gasteiger charge is -2.24. The van der Waals surface area contributed by atoms with E-state index in [1.807, 2.05) is 20.8 Å². The third-order valence-corrected chi connectivity index (χ3v) is 9.95. The van der Waals surface area contributed by atoms with Crippen LogP contribution in [0.3, 0.4) is 0 Å². The Morgan fingerprint density at radius 1 is 0.469 bits per heavy atom. The molecule has 0 spiro atoms. The number of alkyl carbamates (subject to hydrolysis) is 1. The number of amides is 4. The average Bonchev–Trinajstić information content (AvgIpc) is 3.16. The van der Waals surface area contributed by atoms with Gasteiger partial charge in [-0.3, -0.25) is 24.0 Å². The number of carboxylic acids is 1. The molecule has 0 radical (unpaired) electrons. The van der Waals surface area contributed by atoms with Crippen LogP contribution in [-0.4, -0.2) is 94.8 Å². The number of carbonyl (C=O) groups is 7. The Hall–Kier alpha value is -3.95. The fraction of sp³-hybridized carbons (Fsp3) is 0.854. The standard InChI is InChI=1S/C48H89N5O11/c1-46(2,3)62-41(56)31-23-21-19-17-15-13-11-10-12-14-16-18-20-22-30-40(55)52-38(44(60)63-47(4,5)6)32-33-39(54)50-34-27-25-29-37(53-45(61)64-48(7,8)9)42(57)51-35-26-24-28-36(49)43(58)59/h36-38H,10-35,49H2,1-9H3,(H,50,54)(H,51,57)(H,52,55)(H,53,61)(H,58,59)/t36-,37-,38-/m0/s1. The molecule has 0 rings (SSSR count). The third kappa shape index (κ3) is 37.4. The van der Waals surface area contributed by atoms with Gasteiger partial charge in [0.25, 0.3) is 0 Å². The van der Waals surface area contributed by atoms with Crippen molar-refractivity contribution in [2.24, 2.45) is 5.73 Å². The highest BCUT2D eigenvalue weighted by Crippen LogP contribution is 2.16. The van der Waals surface area contributed by atoms with E-state index in [0.29, 0.717) is 45.1 Å². The summed E-state index contributed by atoms with van der Waals surface area (Å²) in [7, 11) is 0. The van der Waals surface area contributed by atoms with E-state index in [1.54, 1.807) is 41.5 Å². The van der Waals surface area contributed by atoms with Crippen LogP contribution in [0.15, 0.2) is 0 Å². The summed E-state index contributed by atoms with van der Waals surface area (Å²) in [6.07, 6.45) is 18.2. The molecule has 0 aromatic rings. The number of esters is 2. The molecule has 0 fully saturated rings. The molecule has 0 bridgehead atoms. The Morgan fingerprint density at radius 3 is 1.41 bits per heavy atom. The SMILES string of the molecule is CC(C)(C)OC(=O)CCCCCCCCCCCCCCCCC(=O)N[C@@H](CCC(=O)NCCCC[C@H](NC(=O)OC(C)(C)C)C(=O)NCCCC[C@H](N)C(=O)O)C(=O)OC(C)(C)C. The second kappa shape index (κ2) is 33.5. The average molecular weight is 912 g/mol. The molecule has 0 aliphatic heterocycles. The lowest BCUT2D eigenvalue weighted by Crippen LogP contribution is -2.48. The molecule has 0 unspecified atom stereocenters. The fourth-order valence-electron chi connectivity index (χ4n) is 6.69. The molecule has 0 aromatic carbocycles. The highest BCUT2D eigenvalue weighted by atomic mass is 16.6. The molecule has 16 nitrogen and oxygen atoms in total. The Balaban J connectivity index is 4.54. The van der Waals surface area contributed by atoms with Gasteiger partial charge >= 0.3 is 24.0 Å². The maximum atomic E-state index is 13.0. The molecule has 0 aromatic heterocycles. The van der Waals surface area contributed by atoms with E-state index < -0.39 is 58.9 Å². The normalized spacial score (nSPS) is 13.2. The van der Waals surface area contributed by atoms with E-state index in [-0.39, 0.29) is 56.4 Å². The van der Waals surface area contributed by atoms with E-state index in [0.717, 1.165) is 38.5 Å². The van der Waals surface area contributed by atoms with E-state index in [2.05, 4.69) is 21.3 Å². The Bertz CT molecular complexity index is 1370. The zero-order chi connectivity index (χ0) is 48.6. The highest BCUT2D eigenvalue weighted by Gasteiger charge is 2.28. The van der Waals surface area contributed by atoms with Gasteiger partial charge in [-0.2, -0.15) is 0 Å². The summed E-state index contributed by atoms with van der Waals surface area (Å²) >= 11 is 0.